The summed E-state index contributed by atoms with van der Waals surface area (Å²) < 4.78 is 28.5. The number of aliphatic hydroxyl groups is 4. The predicted octanol–water partition coefficient (Wildman–Crippen LogP) is 1.51. The van der Waals surface area contributed by atoms with Gasteiger partial charge in [0.25, 0.3) is 0 Å². The standard InChI is InChI=1S/C27H41NO10/c1-4-34-20(30)8-7-17-14-18-9-12-35-24(18)26(36-13-11-28-10-5-6-16(2)3)25(17)38-27-23(33)22(32)21(31)19(15-29)37-27/h9,12,14,16,19,21-23,27-29,31-33H,4-8,10-11,13,15H2,1-3H3/t19-,21-,22+,23-,27+/m1/s1. The molecule has 1 aliphatic heterocycles. The molecular formula is C27H41NO10. The molecule has 2 aromatic rings. The minimum absolute atomic E-state index is 0.0685. The molecule has 0 radical (unpaired) electrons. The van der Waals surface area contributed by atoms with Crippen LogP contribution in [0.4, 0.5) is 0 Å². The maximum absolute atomic E-state index is 12.1. The van der Waals surface area contributed by atoms with Crippen LogP contribution in [0.1, 0.15) is 45.6 Å². The zero-order valence-electron chi connectivity index (χ0n) is 22.3. The summed E-state index contributed by atoms with van der Waals surface area (Å²) in [7, 11) is 0. The summed E-state index contributed by atoms with van der Waals surface area (Å²) in [6, 6.07) is 3.55. The van der Waals surface area contributed by atoms with Crippen LogP contribution in [-0.4, -0.2) is 90.0 Å². The molecule has 214 valence electrons. The second-order valence-corrected chi connectivity index (χ2v) is 9.79. The van der Waals surface area contributed by atoms with Gasteiger partial charge < -0.3 is 49.1 Å². The van der Waals surface area contributed by atoms with Crippen LogP contribution in [0.25, 0.3) is 11.0 Å². The molecule has 0 saturated carbocycles. The summed E-state index contributed by atoms with van der Waals surface area (Å²) in [5.74, 6) is 0.680. The molecule has 0 spiro atoms. The number of furan rings is 1. The van der Waals surface area contributed by atoms with Crippen molar-refractivity contribution in [1.29, 1.82) is 0 Å². The Morgan fingerprint density at radius 1 is 1.13 bits per heavy atom. The molecule has 3 rings (SSSR count). The van der Waals surface area contributed by atoms with E-state index in [1.165, 1.54) is 6.26 Å². The summed E-state index contributed by atoms with van der Waals surface area (Å²) in [6.07, 6.45) is -3.35. The van der Waals surface area contributed by atoms with Crippen molar-refractivity contribution >= 4 is 16.9 Å². The largest absolute Gasteiger partial charge is 0.485 e. The molecule has 0 amide bonds. The molecule has 5 N–H and O–H groups in total. The number of nitrogens with one attached hydrogen (secondary N) is 1. The van der Waals surface area contributed by atoms with Gasteiger partial charge in [-0.3, -0.25) is 4.79 Å². The Labute approximate surface area is 222 Å². The van der Waals surface area contributed by atoms with Gasteiger partial charge in [0.1, 0.15) is 31.0 Å². The smallest absolute Gasteiger partial charge is 0.306 e. The molecular weight excluding hydrogens is 498 g/mol. The SMILES string of the molecule is CCOC(=O)CCc1cc2ccoc2c(OCCNCCCC(C)C)c1O[C@@H]1O[C@H](CO)[C@@H](O)[C@H](O)[C@H]1O. The lowest BCUT2D eigenvalue weighted by atomic mass is 9.99. The van der Waals surface area contributed by atoms with Crippen LogP contribution in [0.2, 0.25) is 0 Å². The normalized spacial score (nSPS) is 23.6. The number of hydrogen-bond acceptors (Lipinski definition) is 11. The summed E-state index contributed by atoms with van der Waals surface area (Å²) in [5.41, 5.74) is 0.980. The van der Waals surface area contributed by atoms with Crippen molar-refractivity contribution in [3.8, 4) is 11.5 Å². The fraction of sp³-hybridized carbons (Fsp3) is 0.667. The van der Waals surface area contributed by atoms with E-state index in [0.717, 1.165) is 24.8 Å². The number of carbonyl (C=O) groups excluding carboxylic acids is 1. The summed E-state index contributed by atoms with van der Waals surface area (Å²) >= 11 is 0. The Balaban J connectivity index is 1.86. The van der Waals surface area contributed by atoms with Gasteiger partial charge in [-0.05, 0) is 56.3 Å². The van der Waals surface area contributed by atoms with E-state index in [1.807, 2.05) is 0 Å². The molecule has 1 aromatic heterocycles. The van der Waals surface area contributed by atoms with E-state index in [2.05, 4.69) is 19.2 Å². The highest BCUT2D eigenvalue weighted by atomic mass is 16.7. The first-order chi connectivity index (χ1) is 18.3. The minimum atomic E-state index is -1.62. The van der Waals surface area contributed by atoms with E-state index < -0.39 is 37.3 Å². The molecule has 1 aliphatic rings. The number of rotatable bonds is 15. The van der Waals surface area contributed by atoms with Crippen molar-refractivity contribution < 1.29 is 48.6 Å². The van der Waals surface area contributed by atoms with Crippen molar-refractivity contribution in [1.82, 2.24) is 5.32 Å². The number of benzene rings is 1. The Hall–Kier alpha value is -2.41. The van der Waals surface area contributed by atoms with Crippen LogP contribution in [0.5, 0.6) is 11.5 Å². The Kier molecular flexibility index (Phi) is 11.6. The number of fused-ring (bicyclic) bond motifs is 1. The first kappa shape index (κ1) is 30.1. The van der Waals surface area contributed by atoms with E-state index in [0.29, 0.717) is 23.6 Å². The van der Waals surface area contributed by atoms with Gasteiger partial charge in [-0.1, -0.05) is 13.8 Å². The Morgan fingerprint density at radius 2 is 1.92 bits per heavy atom. The summed E-state index contributed by atoms with van der Waals surface area (Å²) in [6.45, 7) is 7.46. The molecule has 38 heavy (non-hydrogen) atoms. The first-order valence-electron chi connectivity index (χ1n) is 13.3. The summed E-state index contributed by atoms with van der Waals surface area (Å²) in [5, 5.41) is 44.6. The highest BCUT2D eigenvalue weighted by Gasteiger charge is 2.45. The number of aryl methyl sites for hydroxylation is 1. The molecule has 1 fully saturated rings. The van der Waals surface area contributed by atoms with E-state index in [1.54, 1.807) is 19.1 Å². The quantitative estimate of drug-likeness (QED) is 0.165. The third kappa shape index (κ3) is 7.81. The van der Waals surface area contributed by atoms with Crippen LogP contribution in [0, 0.1) is 5.92 Å². The third-order valence-electron chi connectivity index (χ3n) is 6.38. The minimum Gasteiger partial charge on any atom is -0.485 e. The fourth-order valence-electron chi connectivity index (χ4n) is 4.30. The van der Waals surface area contributed by atoms with Crippen LogP contribution in [0.3, 0.4) is 0 Å². The van der Waals surface area contributed by atoms with Crippen LogP contribution < -0.4 is 14.8 Å². The maximum atomic E-state index is 12.1. The second-order valence-electron chi connectivity index (χ2n) is 9.79. The molecule has 1 aromatic carbocycles. The fourth-order valence-corrected chi connectivity index (χ4v) is 4.30. The molecule has 1 saturated heterocycles. The van der Waals surface area contributed by atoms with E-state index in [9.17, 15) is 25.2 Å². The van der Waals surface area contributed by atoms with Gasteiger partial charge in [0.15, 0.2) is 11.3 Å². The van der Waals surface area contributed by atoms with Crippen molar-refractivity contribution in [2.24, 2.45) is 5.92 Å². The van der Waals surface area contributed by atoms with Crippen LogP contribution in [0.15, 0.2) is 22.8 Å². The maximum Gasteiger partial charge on any atom is 0.306 e. The van der Waals surface area contributed by atoms with Gasteiger partial charge in [-0.15, -0.1) is 0 Å². The van der Waals surface area contributed by atoms with E-state index in [4.69, 9.17) is 23.4 Å². The van der Waals surface area contributed by atoms with Crippen LogP contribution in [-0.2, 0) is 20.7 Å². The summed E-state index contributed by atoms with van der Waals surface area (Å²) in [4.78, 5) is 12.1. The number of carbonyl (C=O) groups is 1. The van der Waals surface area contributed by atoms with E-state index >= 15 is 0 Å². The Bertz CT molecular complexity index is 1010. The van der Waals surface area contributed by atoms with E-state index in [-0.39, 0.29) is 43.5 Å². The topological polar surface area (TPSA) is 160 Å². The monoisotopic (exact) mass is 539 g/mol. The molecule has 11 heteroatoms. The average molecular weight is 540 g/mol. The zero-order valence-corrected chi connectivity index (χ0v) is 22.3. The number of aliphatic hydroxyl groups excluding tert-OH is 4. The van der Waals surface area contributed by atoms with Crippen molar-refractivity contribution in [2.75, 3.05) is 32.9 Å². The van der Waals surface area contributed by atoms with Crippen molar-refractivity contribution in [2.45, 2.75) is 77.2 Å². The first-order valence-corrected chi connectivity index (χ1v) is 13.3. The average Bonchev–Trinajstić information content (AvgIpc) is 3.36. The lowest BCUT2D eigenvalue weighted by molar-refractivity contribution is -0.277. The van der Waals surface area contributed by atoms with Gasteiger partial charge in [-0.2, -0.15) is 0 Å². The van der Waals surface area contributed by atoms with Gasteiger partial charge in [-0.25, -0.2) is 0 Å². The number of esters is 1. The van der Waals surface area contributed by atoms with Gasteiger partial charge in [0, 0.05) is 18.4 Å². The van der Waals surface area contributed by atoms with Gasteiger partial charge >= 0.3 is 5.97 Å². The highest BCUT2D eigenvalue weighted by Crippen LogP contribution is 2.42. The Morgan fingerprint density at radius 3 is 2.63 bits per heavy atom. The molecule has 0 bridgehead atoms. The molecule has 5 atom stereocenters. The lowest BCUT2D eigenvalue weighted by Crippen LogP contribution is -2.60. The highest BCUT2D eigenvalue weighted by molar-refractivity contribution is 5.87. The van der Waals surface area contributed by atoms with Crippen molar-refractivity contribution in [3.63, 3.8) is 0 Å². The molecule has 11 nitrogen and oxygen atoms in total. The van der Waals surface area contributed by atoms with Gasteiger partial charge in [0.05, 0.1) is 19.5 Å². The third-order valence-corrected chi connectivity index (χ3v) is 6.38. The van der Waals surface area contributed by atoms with Crippen LogP contribution >= 0.6 is 0 Å². The molecule has 0 aliphatic carbocycles. The zero-order chi connectivity index (χ0) is 27.7. The molecule has 0 unspecified atom stereocenters. The van der Waals surface area contributed by atoms with Gasteiger partial charge in [0.2, 0.25) is 12.0 Å². The second kappa shape index (κ2) is 14.7. The predicted molar refractivity (Wildman–Crippen MR) is 138 cm³/mol. The van der Waals surface area contributed by atoms with Crippen molar-refractivity contribution in [3.05, 3.63) is 24.0 Å². The molecule has 2 heterocycles. The number of ether oxygens (including phenoxy) is 4. The lowest BCUT2D eigenvalue weighted by Gasteiger charge is -2.39. The number of hydrogen-bond donors (Lipinski definition) is 5.